The van der Waals surface area contributed by atoms with E-state index in [1.54, 1.807) is 13.8 Å². The van der Waals surface area contributed by atoms with Crippen molar-refractivity contribution in [2.24, 2.45) is 0 Å². The van der Waals surface area contributed by atoms with Crippen LogP contribution in [-0.4, -0.2) is 75.1 Å². The van der Waals surface area contributed by atoms with Gasteiger partial charge in [-0.3, -0.25) is 0 Å². The van der Waals surface area contributed by atoms with E-state index in [0.29, 0.717) is 26.1 Å². The summed E-state index contributed by atoms with van der Waals surface area (Å²) in [5.41, 5.74) is 0. The number of allylic oxidation sites excluding steroid dienone is 20. The van der Waals surface area contributed by atoms with Crippen LogP contribution >= 0.6 is 0 Å². The van der Waals surface area contributed by atoms with E-state index in [1.165, 1.54) is 0 Å². The number of unbranched alkanes of at least 4 members (excludes halogenated alkanes) is 4. The largest absolute Gasteiger partial charge is 2.00 e. The minimum atomic E-state index is -1.12. The van der Waals surface area contributed by atoms with E-state index in [4.69, 9.17) is 9.47 Å². The average Bonchev–Trinajstić information content (AvgIpc) is 3.16. The first-order valence-corrected chi connectivity index (χ1v) is 20.6. The first-order chi connectivity index (χ1) is 26.4. The Labute approximate surface area is 366 Å². The minimum absolute atomic E-state index is 0. The first-order valence-electron chi connectivity index (χ1n) is 20.6. The number of carboxylic acid groups (broad SMARTS) is 2. The van der Waals surface area contributed by atoms with Crippen LogP contribution in [0, 0.1) is 0 Å². The molecular formula is C48H74CaO6. The van der Waals surface area contributed by atoms with E-state index in [9.17, 15) is 19.8 Å². The van der Waals surface area contributed by atoms with Gasteiger partial charge in [0, 0.05) is 13.2 Å². The van der Waals surface area contributed by atoms with Crippen molar-refractivity contribution >= 4 is 49.7 Å². The predicted molar refractivity (Wildman–Crippen MR) is 232 cm³/mol. The summed E-state index contributed by atoms with van der Waals surface area (Å²) in [5.74, 6) is -2.23. The zero-order valence-electron chi connectivity index (χ0n) is 35.0. The molecule has 0 saturated carbocycles. The van der Waals surface area contributed by atoms with Crippen LogP contribution in [0.2, 0.25) is 0 Å². The van der Waals surface area contributed by atoms with Crippen LogP contribution in [0.1, 0.15) is 143 Å². The number of ether oxygens (including phenoxy) is 2. The SMILES string of the molecule is CCC=CCC=CCC=CCC=CCC=CCCCCOC(CC)C(=O)[O-].CCC=CCC=CCC=CCC=CCC=CCCCCOC(CC)C(=O)[O-].[Ca+2]. The summed E-state index contributed by atoms with van der Waals surface area (Å²) in [4.78, 5) is 21.4. The van der Waals surface area contributed by atoms with Crippen LogP contribution in [0.3, 0.4) is 0 Å². The number of carbonyl (C=O) groups is 2. The molecule has 0 rings (SSSR count). The Balaban J connectivity index is -0.000000966. The summed E-state index contributed by atoms with van der Waals surface area (Å²) in [6.07, 6.45) is 59.1. The van der Waals surface area contributed by atoms with E-state index in [1.807, 2.05) is 0 Å². The second-order valence-corrected chi connectivity index (χ2v) is 12.6. The molecule has 6 nitrogen and oxygen atoms in total. The summed E-state index contributed by atoms with van der Waals surface area (Å²) in [6.45, 7) is 8.84. The van der Waals surface area contributed by atoms with Gasteiger partial charge >= 0.3 is 37.7 Å². The van der Waals surface area contributed by atoms with Crippen molar-refractivity contribution in [1.82, 2.24) is 0 Å². The maximum Gasteiger partial charge on any atom is 2.00 e. The molecule has 0 amide bonds. The molecule has 304 valence electrons. The Morgan fingerprint density at radius 2 is 0.636 bits per heavy atom. The molecule has 0 spiro atoms. The maximum atomic E-state index is 10.7. The molecule has 55 heavy (non-hydrogen) atoms. The van der Waals surface area contributed by atoms with E-state index < -0.39 is 24.1 Å². The molecule has 0 aliphatic rings. The van der Waals surface area contributed by atoms with Gasteiger partial charge in [0.1, 0.15) is 0 Å². The Morgan fingerprint density at radius 1 is 0.400 bits per heavy atom. The number of carboxylic acids is 2. The molecular weight excluding hydrogens is 713 g/mol. The molecule has 0 aliphatic carbocycles. The molecule has 2 atom stereocenters. The van der Waals surface area contributed by atoms with Gasteiger partial charge in [-0.05, 0) is 116 Å². The molecule has 0 aliphatic heterocycles. The number of hydrogen-bond acceptors (Lipinski definition) is 6. The van der Waals surface area contributed by atoms with Crippen molar-refractivity contribution in [3.05, 3.63) is 122 Å². The fourth-order valence-electron chi connectivity index (χ4n) is 4.62. The zero-order valence-corrected chi connectivity index (χ0v) is 37.2. The van der Waals surface area contributed by atoms with Gasteiger partial charge in [0.05, 0.1) is 24.1 Å². The van der Waals surface area contributed by atoms with Crippen molar-refractivity contribution in [3.8, 4) is 0 Å². The molecule has 0 aromatic carbocycles. The summed E-state index contributed by atoms with van der Waals surface area (Å²) >= 11 is 0. The van der Waals surface area contributed by atoms with Crippen LogP contribution < -0.4 is 10.2 Å². The Morgan fingerprint density at radius 3 is 0.855 bits per heavy atom. The molecule has 0 bridgehead atoms. The predicted octanol–water partition coefficient (Wildman–Crippen LogP) is 10.5. The maximum absolute atomic E-state index is 10.7. The van der Waals surface area contributed by atoms with Crippen LogP contribution in [0.25, 0.3) is 0 Å². The topological polar surface area (TPSA) is 98.7 Å². The molecule has 2 unspecified atom stereocenters. The molecule has 0 N–H and O–H groups in total. The molecule has 0 fully saturated rings. The summed E-state index contributed by atoms with van der Waals surface area (Å²) in [5, 5.41) is 21.4. The fraction of sp³-hybridized carbons (Fsp3) is 0.542. The molecule has 0 saturated heterocycles. The Hall–Kier alpha value is -2.48. The van der Waals surface area contributed by atoms with E-state index >= 15 is 0 Å². The summed E-state index contributed by atoms with van der Waals surface area (Å²) in [7, 11) is 0. The van der Waals surface area contributed by atoms with Gasteiger partial charge < -0.3 is 29.3 Å². The fourth-order valence-corrected chi connectivity index (χ4v) is 4.62. The van der Waals surface area contributed by atoms with E-state index in [-0.39, 0.29) is 37.7 Å². The van der Waals surface area contributed by atoms with E-state index in [2.05, 4.69) is 135 Å². The molecule has 7 heteroatoms. The van der Waals surface area contributed by atoms with Crippen LogP contribution in [-0.2, 0) is 19.1 Å². The van der Waals surface area contributed by atoms with Gasteiger partial charge in [0.2, 0.25) is 0 Å². The standard InChI is InChI=1S/2C24H38O3.Ca/c2*1-3-5-6-7-8-9-10-11-12-13-14-15-16-17-18-19-20-21-22-27-23(4-2)24(25)26;/h2*5-6,8-9,11-12,14-15,17-18,23H,3-4,7,10,13,16,19-22H2,1-2H3,(H,25,26);/q;;+2/p-2. The van der Waals surface area contributed by atoms with Crippen LogP contribution in [0.5, 0.6) is 0 Å². The third-order valence-corrected chi connectivity index (χ3v) is 7.75. The third kappa shape index (κ3) is 47.6. The Bertz CT molecular complexity index is 1060. The van der Waals surface area contributed by atoms with Gasteiger partial charge in [-0.15, -0.1) is 0 Å². The molecule has 0 aromatic heterocycles. The summed E-state index contributed by atoms with van der Waals surface area (Å²) < 4.78 is 10.5. The monoisotopic (exact) mass is 787 g/mol. The van der Waals surface area contributed by atoms with Gasteiger partial charge in [0.25, 0.3) is 0 Å². The number of hydrogen-bond donors (Lipinski definition) is 0. The number of aliphatic carboxylic acids is 2. The van der Waals surface area contributed by atoms with Gasteiger partial charge in [0.15, 0.2) is 0 Å². The first kappa shape index (κ1) is 56.8. The van der Waals surface area contributed by atoms with Crippen LogP contribution in [0.15, 0.2) is 122 Å². The van der Waals surface area contributed by atoms with Crippen LogP contribution in [0.4, 0.5) is 0 Å². The third-order valence-electron chi connectivity index (χ3n) is 7.75. The second kappa shape index (κ2) is 49.5. The molecule has 0 radical (unpaired) electrons. The number of carbonyl (C=O) groups excluding carboxylic acids is 2. The second-order valence-electron chi connectivity index (χ2n) is 12.6. The molecule has 0 aromatic rings. The quantitative estimate of drug-likeness (QED) is 0.0366. The Kier molecular flexibility index (Phi) is 51.2. The van der Waals surface area contributed by atoms with Crippen molar-refractivity contribution < 1.29 is 29.3 Å². The van der Waals surface area contributed by atoms with E-state index in [0.717, 1.165) is 103 Å². The van der Waals surface area contributed by atoms with Gasteiger partial charge in [-0.1, -0.05) is 149 Å². The van der Waals surface area contributed by atoms with Crippen molar-refractivity contribution in [3.63, 3.8) is 0 Å². The van der Waals surface area contributed by atoms with Gasteiger partial charge in [-0.2, -0.15) is 0 Å². The smallest absolute Gasteiger partial charge is 0.547 e. The number of rotatable bonds is 34. The minimum Gasteiger partial charge on any atom is -0.547 e. The molecule has 0 heterocycles. The van der Waals surface area contributed by atoms with Crippen molar-refractivity contribution in [2.75, 3.05) is 13.2 Å². The zero-order chi connectivity index (χ0) is 40.0. The summed E-state index contributed by atoms with van der Waals surface area (Å²) in [6, 6.07) is 0. The van der Waals surface area contributed by atoms with Crippen molar-refractivity contribution in [1.29, 1.82) is 0 Å². The average molecular weight is 787 g/mol. The van der Waals surface area contributed by atoms with Crippen molar-refractivity contribution in [2.45, 2.75) is 155 Å². The normalized spacial score (nSPS) is 13.6. The van der Waals surface area contributed by atoms with Gasteiger partial charge in [-0.25, -0.2) is 0 Å².